The molecule has 1 N–H and O–H groups in total. The van der Waals surface area contributed by atoms with E-state index in [1.807, 2.05) is 54.6 Å². The Balaban J connectivity index is 1.53. The van der Waals surface area contributed by atoms with Crippen molar-refractivity contribution in [1.82, 2.24) is 4.90 Å². The van der Waals surface area contributed by atoms with Gasteiger partial charge >= 0.3 is 0 Å². The highest BCUT2D eigenvalue weighted by Crippen LogP contribution is 2.36. The van der Waals surface area contributed by atoms with Crippen LogP contribution < -0.4 is 0 Å². The molecule has 2 fully saturated rings. The molecule has 2 aliphatic rings. The topological polar surface area (TPSA) is 49.8 Å². The van der Waals surface area contributed by atoms with Gasteiger partial charge in [-0.25, -0.2) is 0 Å². The summed E-state index contributed by atoms with van der Waals surface area (Å²) in [6.07, 6.45) is 4.89. The monoisotopic (exact) mass is 427 g/mol. The molecule has 3 unspecified atom stereocenters. The SMILES string of the molecule is CN1C2CCC1CC(OCC(=O)C(CO)(Cc1cccc(Cl)c1)c1ccccc1)C2. The largest absolute Gasteiger partial charge is 0.395 e. The van der Waals surface area contributed by atoms with Gasteiger partial charge in [0.05, 0.1) is 18.1 Å². The lowest BCUT2D eigenvalue weighted by atomic mass is 9.73. The molecule has 4 nitrogen and oxygen atoms in total. The van der Waals surface area contributed by atoms with Gasteiger partial charge < -0.3 is 14.7 Å². The molecular weight excluding hydrogens is 398 g/mol. The second-order valence-corrected chi connectivity index (χ2v) is 9.23. The van der Waals surface area contributed by atoms with Gasteiger partial charge in [-0.15, -0.1) is 0 Å². The summed E-state index contributed by atoms with van der Waals surface area (Å²) >= 11 is 6.17. The average molecular weight is 428 g/mol. The van der Waals surface area contributed by atoms with Gasteiger partial charge in [-0.3, -0.25) is 4.79 Å². The zero-order chi connectivity index (χ0) is 21.1. The highest BCUT2D eigenvalue weighted by molar-refractivity contribution is 6.30. The van der Waals surface area contributed by atoms with E-state index in [0.717, 1.165) is 24.0 Å². The second kappa shape index (κ2) is 9.19. The van der Waals surface area contributed by atoms with Crippen molar-refractivity contribution < 1.29 is 14.6 Å². The Morgan fingerprint density at radius 2 is 1.83 bits per heavy atom. The standard InChI is InChI=1S/C25H30ClNO3/c1-27-21-10-11-22(27)14-23(13-21)30-16-24(29)25(17-28,19-7-3-2-4-8-19)15-18-6-5-9-20(26)12-18/h2-9,12,21-23,28H,10-11,13-17H2,1H3. The third-order valence-electron chi connectivity index (χ3n) is 7.03. The Labute approximate surface area is 183 Å². The zero-order valence-corrected chi connectivity index (χ0v) is 18.2. The number of piperidine rings is 1. The van der Waals surface area contributed by atoms with Gasteiger partial charge in [-0.2, -0.15) is 0 Å². The van der Waals surface area contributed by atoms with E-state index >= 15 is 0 Å². The summed E-state index contributed by atoms with van der Waals surface area (Å²) in [7, 11) is 2.20. The van der Waals surface area contributed by atoms with Gasteiger partial charge in [-0.05, 0) is 62.4 Å². The van der Waals surface area contributed by atoms with Gasteiger partial charge in [0.15, 0.2) is 5.78 Å². The first-order valence-electron chi connectivity index (χ1n) is 10.8. The van der Waals surface area contributed by atoms with Crippen LogP contribution in [0.5, 0.6) is 0 Å². The molecule has 3 atom stereocenters. The van der Waals surface area contributed by atoms with E-state index in [0.29, 0.717) is 23.5 Å². The zero-order valence-electron chi connectivity index (χ0n) is 17.5. The first-order valence-corrected chi connectivity index (χ1v) is 11.2. The maximum atomic E-state index is 13.5. The van der Waals surface area contributed by atoms with E-state index in [-0.39, 0.29) is 25.1 Å². The molecule has 2 saturated heterocycles. The fourth-order valence-corrected chi connectivity index (χ4v) is 5.39. The summed E-state index contributed by atoms with van der Waals surface area (Å²) in [5.41, 5.74) is 0.687. The minimum atomic E-state index is -1.05. The van der Waals surface area contributed by atoms with Crippen molar-refractivity contribution >= 4 is 17.4 Å². The van der Waals surface area contributed by atoms with Crippen molar-refractivity contribution in [2.75, 3.05) is 20.3 Å². The summed E-state index contributed by atoms with van der Waals surface area (Å²) in [5, 5.41) is 11.1. The molecular formula is C25H30ClNO3. The van der Waals surface area contributed by atoms with Crippen molar-refractivity contribution in [3.63, 3.8) is 0 Å². The lowest BCUT2D eigenvalue weighted by Crippen LogP contribution is -2.46. The van der Waals surface area contributed by atoms with Crippen LogP contribution in [0.15, 0.2) is 54.6 Å². The molecule has 0 aliphatic carbocycles. The van der Waals surface area contributed by atoms with E-state index in [1.165, 1.54) is 12.8 Å². The average Bonchev–Trinajstić information content (AvgIpc) is 2.97. The number of fused-ring (bicyclic) bond motifs is 2. The lowest BCUT2D eigenvalue weighted by molar-refractivity contribution is -0.134. The number of carbonyl (C=O) groups is 1. The molecule has 2 heterocycles. The predicted octanol–water partition coefficient (Wildman–Crippen LogP) is 4.02. The number of ketones is 1. The smallest absolute Gasteiger partial charge is 0.171 e. The number of hydrogen-bond donors (Lipinski definition) is 1. The summed E-state index contributed by atoms with van der Waals surface area (Å²) < 4.78 is 6.15. The Kier molecular flexibility index (Phi) is 6.59. The molecule has 2 aromatic rings. The predicted molar refractivity (Wildman–Crippen MR) is 119 cm³/mol. The fourth-order valence-electron chi connectivity index (χ4n) is 5.18. The van der Waals surface area contributed by atoms with Crippen molar-refractivity contribution in [1.29, 1.82) is 0 Å². The van der Waals surface area contributed by atoms with Crippen molar-refractivity contribution in [3.05, 3.63) is 70.7 Å². The van der Waals surface area contributed by atoms with Gasteiger partial charge in [0, 0.05) is 17.1 Å². The van der Waals surface area contributed by atoms with Crippen LogP contribution in [0.3, 0.4) is 0 Å². The van der Waals surface area contributed by atoms with Crippen LogP contribution >= 0.6 is 11.6 Å². The van der Waals surface area contributed by atoms with Gasteiger partial charge in [-0.1, -0.05) is 54.1 Å². The quantitative estimate of drug-likeness (QED) is 0.691. The molecule has 0 aromatic heterocycles. The van der Waals surface area contributed by atoms with Crippen LogP contribution in [-0.4, -0.2) is 54.2 Å². The summed E-state index contributed by atoms with van der Waals surface area (Å²) in [6.45, 7) is -0.256. The molecule has 2 aromatic carbocycles. The number of rotatable bonds is 8. The van der Waals surface area contributed by atoms with Crippen LogP contribution in [-0.2, 0) is 21.4 Å². The van der Waals surface area contributed by atoms with Crippen molar-refractivity contribution in [2.45, 2.75) is 55.7 Å². The van der Waals surface area contributed by atoms with Gasteiger partial charge in [0.1, 0.15) is 6.61 Å². The minimum Gasteiger partial charge on any atom is -0.395 e. The molecule has 4 rings (SSSR count). The number of ether oxygens (including phenoxy) is 1. The third-order valence-corrected chi connectivity index (χ3v) is 7.27. The maximum Gasteiger partial charge on any atom is 0.171 e. The molecule has 30 heavy (non-hydrogen) atoms. The minimum absolute atomic E-state index is 0.0177. The van der Waals surface area contributed by atoms with Crippen LogP contribution in [0.2, 0.25) is 5.02 Å². The highest BCUT2D eigenvalue weighted by Gasteiger charge is 2.42. The summed E-state index contributed by atoms with van der Waals surface area (Å²) in [5.74, 6) is -0.0811. The first kappa shape index (κ1) is 21.5. The molecule has 2 aliphatic heterocycles. The van der Waals surface area contributed by atoms with Crippen LogP contribution in [0.4, 0.5) is 0 Å². The molecule has 0 amide bonds. The number of aliphatic hydroxyl groups excluding tert-OH is 1. The Bertz CT molecular complexity index is 860. The molecule has 0 spiro atoms. The Morgan fingerprint density at radius 3 is 2.47 bits per heavy atom. The normalized spacial score (nSPS) is 25.8. The van der Waals surface area contributed by atoms with Gasteiger partial charge in [0.2, 0.25) is 0 Å². The number of halogens is 1. The fraction of sp³-hybridized carbons (Fsp3) is 0.480. The number of benzene rings is 2. The molecule has 0 radical (unpaired) electrons. The number of hydrogen-bond acceptors (Lipinski definition) is 4. The van der Waals surface area contributed by atoms with Crippen LogP contribution in [0, 0.1) is 0 Å². The number of Topliss-reactive ketones (excluding diaryl/α,β-unsaturated/α-hetero) is 1. The summed E-state index contributed by atoms with van der Waals surface area (Å²) in [4.78, 5) is 16.0. The highest BCUT2D eigenvalue weighted by atomic mass is 35.5. The van der Waals surface area contributed by atoms with Gasteiger partial charge in [0.25, 0.3) is 0 Å². The number of carbonyl (C=O) groups excluding carboxylic acids is 1. The lowest BCUT2D eigenvalue weighted by Gasteiger charge is -2.37. The van der Waals surface area contributed by atoms with Crippen LogP contribution in [0.25, 0.3) is 0 Å². The maximum absolute atomic E-state index is 13.5. The number of aliphatic hydroxyl groups is 1. The number of nitrogens with zero attached hydrogens (tertiary/aromatic N) is 1. The molecule has 160 valence electrons. The van der Waals surface area contributed by atoms with E-state index < -0.39 is 5.41 Å². The molecule has 2 bridgehead atoms. The van der Waals surface area contributed by atoms with E-state index in [2.05, 4.69) is 11.9 Å². The second-order valence-electron chi connectivity index (χ2n) is 8.79. The van der Waals surface area contributed by atoms with Crippen LogP contribution in [0.1, 0.15) is 36.8 Å². The van der Waals surface area contributed by atoms with Crippen molar-refractivity contribution in [3.8, 4) is 0 Å². The third kappa shape index (κ3) is 4.33. The van der Waals surface area contributed by atoms with E-state index in [4.69, 9.17) is 16.3 Å². The Morgan fingerprint density at radius 1 is 1.13 bits per heavy atom. The van der Waals surface area contributed by atoms with E-state index in [9.17, 15) is 9.90 Å². The Hall–Kier alpha value is -1.72. The molecule has 0 saturated carbocycles. The van der Waals surface area contributed by atoms with Crippen molar-refractivity contribution in [2.24, 2.45) is 0 Å². The van der Waals surface area contributed by atoms with E-state index in [1.54, 1.807) is 0 Å². The first-order chi connectivity index (χ1) is 14.5. The summed E-state index contributed by atoms with van der Waals surface area (Å²) in [6, 6.07) is 18.2. The molecule has 5 heteroatoms.